The average Bonchev–Trinajstić information content (AvgIpc) is 3.52. The number of likely N-dealkylation sites (tertiary alicyclic amines) is 1. The number of terminal acetylenes is 1. The Morgan fingerprint density at radius 1 is 1.39 bits per heavy atom. The summed E-state index contributed by atoms with van der Waals surface area (Å²) in [6.07, 6.45) is 6.25. The van der Waals surface area contributed by atoms with Crippen LogP contribution < -0.4 is 10.6 Å². The molecule has 1 fully saturated rings. The monoisotopic (exact) mass is 489 g/mol. The minimum Gasteiger partial charge on any atom is -0.376 e. The number of hydrogen-bond acceptors (Lipinski definition) is 5. The summed E-state index contributed by atoms with van der Waals surface area (Å²) in [6, 6.07) is 11.0. The summed E-state index contributed by atoms with van der Waals surface area (Å²) in [4.78, 5) is 35.0. The molecule has 1 spiro atoms. The smallest absolute Gasteiger partial charge is 0.268 e. The van der Waals surface area contributed by atoms with Crippen LogP contribution in [0.4, 0.5) is 10.1 Å². The fourth-order valence-electron chi connectivity index (χ4n) is 5.41. The van der Waals surface area contributed by atoms with Crippen LogP contribution in [0.25, 0.3) is 11.0 Å². The van der Waals surface area contributed by atoms with Crippen molar-refractivity contribution in [2.75, 3.05) is 11.9 Å². The van der Waals surface area contributed by atoms with E-state index in [4.69, 9.17) is 6.42 Å². The van der Waals surface area contributed by atoms with Crippen molar-refractivity contribution in [2.45, 2.75) is 56.1 Å². The molecule has 36 heavy (non-hydrogen) atoms. The van der Waals surface area contributed by atoms with E-state index in [1.165, 1.54) is 13.8 Å². The molecule has 0 saturated carbocycles. The molecule has 3 aromatic rings. The molecule has 186 valence electrons. The van der Waals surface area contributed by atoms with Gasteiger partial charge >= 0.3 is 0 Å². The predicted octanol–water partition coefficient (Wildman–Crippen LogP) is 2.72. The fourth-order valence-corrected chi connectivity index (χ4v) is 5.41. The number of rotatable bonds is 6. The SMILES string of the molecule is C#C[C@@H]1C[C@@]2(CN1C(O)[C@H](CC(C)(C)F)NC(=O)c1cc3cccnc3[nH]1)C(=O)Nc1ccccc12. The highest BCUT2D eigenvalue weighted by atomic mass is 19.1. The number of amides is 2. The van der Waals surface area contributed by atoms with Gasteiger partial charge in [0, 0.05) is 30.2 Å². The molecular weight excluding hydrogens is 461 g/mol. The number of hydrogen-bond donors (Lipinski definition) is 4. The second-order valence-corrected chi connectivity index (χ2v) is 10.2. The lowest BCUT2D eigenvalue weighted by Crippen LogP contribution is -2.55. The number of alkyl halides is 1. The number of aliphatic hydroxyl groups is 1. The zero-order chi connectivity index (χ0) is 25.7. The molecule has 4 N–H and O–H groups in total. The van der Waals surface area contributed by atoms with E-state index in [2.05, 4.69) is 26.5 Å². The second kappa shape index (κ2) is 8.73. The van der Waals surface area contributed by atoms with Crippen molar-refractivity contribution in [1.29, 1.82) is 0 Å². The molecule has 4 heterocycles. The largest absolute Gasteiger partial charge is 0.376 e. The van der Waals surface area contributed by atoms with Gasteiger partial charge in [-0.3, -0.25) is 14.5 Å². The van der Waals surface area contributed by atoms with Gasteiger partial charge in [0.2, 0.25) is 5.91 Å². The highest BCUT2D eigenvalue weighted by Crippen LogP contribution is 2.47. The molecule has 1 aromatic carbocycles. The minimum absolute atomic E-state index is 0.140. The standard InChI is InChI=1S/C27H28FN5O3/c1-4-17-13-27(18-9-5-6-10-19(18)32-25(27)36)15-33(17)24(35)21(14-26(2,3)28)31-23(34)20-12-16-8-7-11-29-22(16)30-20/h1,5-12,17,21,24,35H,13-15H2,2-3H3,(H,29,30)(H,31,34)(H,32,36)/t17-,21+,24?,27+/m1/s1. The van der Waals surface area contributed by atoms with Crippen LogP contribution in [0, 0.1) is 12.3 Å². The van der Waals surface area contributed by atoms with Crippen molar-refractivity contribution >= 4 is 28.5 Å². The molecule has 5 rings (SSSR count). The number of H-pyrrole nitrogens is 1. The first-order valence-corrected chi connectivity index (χ1v) is 11.9. The van der Waals surface area contributed by atoms with Gasteiger partial charge in [-0.1, -0.05) is 24.1 Å². The normalized spacial score (nSPS) is 23.3. The summed E-state index contributed by atoms with van der Waals surface area (Å²) in [7, 11) is 0. The number of halogens is 1. The van der Waals surface area contributed by atoms with Crippen LogP contribution in [0.2, 0.25) is 0 Å². The van der Waals surface area contributed by atoms with Gasteiger partial charge in [0.15, 0.2) is 0 Å². The molecule has 8 nitrogen and oxygen atoms in total. The lowest BCUT2D eigenvalue weighted by molar-refractivity contribution is -0.121. The number of carbonyl (C=O) groups excluding carboxylic acids is 2. The molecule has 4 atom stereocenters. The predicted molar refractivity (Wildman–Crippen MR) is 134 cm³/mol. The fraction of sp³-hybridized carbons (Fsp3) is 0.370. The van der Waals surface area contributed by atoms with Gasteiger partial charge in [-0.2, -0.15) is 0 Å². The number of nitrogens with one attached hydrogen (secondary N) is 3. The maximum Gasteiger partial charge on any atom is 0.268 e. The van der Waals surface area contributed by atoms with E-state index in [9.17, 15) is 19.1 Å². The first-order chi connectivity index (χ1) is 17.1. The number of benzene rings is 1. The summed E-state index contributed by atoms with van der Waals surface area (Å²) in [5, 5.41) is 17.9. The summed E-state index contributed by atoms with van der Waals surface area (Å²) < 4.78 is 14.8. The third-order valence-electron chi connectivity index (χ3n) is 7.07. The summed E-state index contributed by atoms with van der Waals surface area (Å²) in [6.45, 7) is 2.91. The van der Waals surface area contributed by atoms with Crippen LogP contribution >= 0.6 is 0 Å². The second-order valence-electron chi connectivity index (χ2n) is 10.2. The molecule has 1 unspecified atom stereocenters. The van der Waals surface area contributed by atoms with Gasteiger partial charge in [-0.05, 0) is 50.1 Å². The van der Waals surface area contributed by atoms with Gasteiger partial charge in [-0.15, -0.1) is 6.42 Å². The van der Waals surface area contributed by atoms with E-state index in [0.717, 1.165) is 16.6 Å². The third-order valence-corrected chi connectivity index (χ3v) is 7.07. The van der Waals surface area contributed by atoms with Crippen LogP contribution in [0.1, 0.15) is 42.7 Å². The molecular formula is C27H28FN5O3. The van der Waals surface area contributed by atoms with Gasteiger partial charge in [-0.25, -0.2) is 9.37 Å². The summed E-state index contributed by atoms with van der Waals surface area (Å²) in [5.74, 6) is 2.00. The average molecular weight is 490 g/mol. The number of nitrogens with zero attached hydrogens (tertiary/aromatic N) is 2. The topological polar surface area (TPSA) is 110 Å². The molecule has 0 bridgehead atoms. The van der Waals surface area contributed by atoms with Gasteiger partial charge in [0.1, 0.15) is 23.2 Å². The number of aliphatic hydroxyl groups excluding tert-OH is 1. The van der Waals surface area contributed by atoms with Crippen LogP contribution in [0.3, 0.4) is 0 Å². The zero-order valence-corrected chi connectivity index (χ0v) is 20.1. The molecule has 2 aliphatic rings. The van der Waals surface area contributed by atoms with E-state index in [1.807, 2.05) is 30.3 Å². The van der Waals surface area contributed by atoms with Crippen molar-refractivity contribution < 1.29 is 19.1 Å². The Morgan fingerprint density at radius 2 is 2.17 bits per heavy atom. The third kappa shape index (κ3) is 4.12. The van der Waals surface area contributed by atoms with E-state index in [0.29, 0.717) is 12.1 Å². The number of aromatic nitrogens is 2. The van der Waals surface area contributed by atoms with Crippen molar-refractivity contribution in [2.24, 2.45) is 0 Å². The van der Waals surface area contributed by atoms with E-state index < -0.39 is 35.3 Å². The Kier molecular flexibility index (Phi) is 5.81. The number of aromatic amines is 1. The van der Waals surface area contributed by atoms with Crippen molar-refractivity contribution in [3.8, 4) is 12.3 Å². The Bertz CT molecular complexity index is 1340. The van der Waals surface area contributed by atoms with Crippen LogP contribution in [-0.4, -0.2) is 62.3 Å². The number of carbonyl (C=O) groups is 2. The molecule has 0 radical (unpaired) electrons. The first kappa shape index (κ1) is 24.0. The molecule has 1 saturated heterocycles. The molecule has 2 aliphatic heterocycles. The van der Waals surface area contributed by atoms with Crippen LogP contribution in [0.15, 0.2) is 48.7 Å². The van der Waals surface area contributed by atoms with Gasteiger partial charge < -0.3 is 20.7 Å². The lowest BCUT2D eigenvalue weighted by atomic mass is 9.79. The van der Waals surface area contributed by atoms with Gasteiger partial charge in [0.05, 0.1) is 17.5 Å². The Morgan fingerprint density at radius 3 is 2.89 bits per heavy atom. The van der Waals surface area contributed by atoms with Crippen molar-refractivity contribution in [1.82, 2.24) is 20.2 Å². The molecule has 0 aliphatic carbocycles. The molecule has 9 heteroatoms. The van der Waals surface area contributed by atoms with Crippen LogP contribution in [0.5, 0.6) is 0 Å². The highest BCUT2D eigenvalue weighted by Gasteiger charge is 2.56. The molecule has 2 aromatic heterocycles. The van der Waals surface area contributed by atoms with Gasteiger partial charge in [0.25, 0.3) is 5.91 Å². The highest BCUT2D eigenvalue weighted by molar-refractivity contribution is 6.06. The minimum atomic E-state index is -1.69. The zero-order valence-electron chi connectivity index (χ0n) is 20.1. The number of pyridine rings is 1. The van der Waals surface area contributed by atoms with E-state index in [-0.39, 0.29) is 24.6 Å². The van der Waals surface area contributed by atoms with Crippen LogP contribution in [-0.2, 0) is 10.2 Å². The maximum atomic E-state index is 14.8. The quantitative estimate of drug-likeness (QED) is 0.398. The number of fused-ring (bicyclic) bond motifs is 3. The number of anilines is 1. The van der Waals surface area contributed by atoms with Crippen molar-refractivity contribution in [3.63, 3.8) is 0 Å². The van der Waals surface area contributed by atoms with E-state index >= 15 is 0 Å². The Hall–Kier alpha value is -3.74. The lowest BCUT2D eigenvalue weighted by Gasteiger charge is -2.35. The first-order valence-electron chi connectivity index (χ1n) is 11.9. The molecule has 2 amide bonds. The van der Waals surface area contributed by atoms with Crippen molar-refractivity contribution in [3.05, 3.63) is 59.9 Å². The summed E-state index contributed by atoms with van der Waals surface area (Å²) in [5.41, 5.74) is -0.296. The maximum absolute atomic E-state index is 14.8. The summed E-state index contributed by atoms with van der Waals surface area (Å²) >= 11 is 0. The Balaban J connectivity index is 1.43. The number of para-hydroxylation sites is 1. The van der Waals surface area contributed by atoms with E-state index in [1.54, 1.807) is 23.2 Å². The Labute approximate surface area is 208 Å².